The molecule has 0 radical (unpaired) electrons. The number of carbonyl (C=O) groups is 1. The van der Waals surface area contributed by atoms with Crippen molar-refractivity contribution in [3.05, 3.63) is 41.7 Å². The van der Waals surface area contributed by atoms with Gasteiger partial charge in [0, 0.05) is 26.1 Å². The minimum absolute atomic E-state index is 0.192. The van der Waals surface area contributed by atoms with E-state index >= 15 is 0 Å². The molecule has 25 heavy (non-hydrogen) atoms. The van der Waals surface area contributed by atoms with E-state index in [1.54, 1.807) is 12.1 Å². The molecule has 0 aliphatic carbocycles. The Hall–Kier alpha value is -1.68. The molecule has 0 N–H and O–H groups in total. The van der Waals surface area contributed by atoms with Crippen molar-refractivity contribution < 1.29 is 9.18 Å². The van der Waals surface area contributed by atoms with Crippen LogP contribution in [0, 0.1) is 11.7 Å². The van der Waals surface area contributed by atoms with Crippen molar-refractivity contribution in [2.75, 3.05) is 32.7 Å². The van der Waals surface area contributed by atoms with Gasteiger partial charge in [-0.2, -0.15) is 0 Å². The molecule has 2 fully saturated rings. The smallest absolute Gasteiger partial charge is 0.222 e. The number of benzene rings is 1. The summed E-state index contributed by atoms with van der Waals surface area (Å²) in [6, 6.07) is 6.59. The second-order valence-corrected chi connectivity index (χ2v) is 7.32. The summed E-state index contributed by atoms with van der Waals surface area (Å²) in [7, 11) is 0. The molecule has 0 atom stereocenters. The van der Waals surface area contributed by atoms with E-state index < -0.39 is 0 Å². The Morgan fingerprint density at radius 3 is 2.44 bits per heavy atom. The fraction of sp³-hybridized carbons (Fsp3) is 0.571. The number of piperidine rings is 1. The molecule has 4 heteroatoms. The van der Waals surface area contributed by atoms with Crippen LogP contribution in [0.15, 0.2) is 30.3 Å². The molecule has 3 rings (SSSR count). The van der Waals surface area contributed by atoms with E-state index in [1.807, 2.05) is 4.90 Å². The van der Waals surface area contributed by atoms with Crippen molar-refractivity contribution in [2.24, 2.45) is 5.92 Å². The molecule has 2 aliphatic rings. The van der Waals surface area contributed by atoms with Gasteiger partial charge in [-0.3, -0.25) is 9.69 Å². The summed E-state index contributed by atoms with van der Waals surface area (Å²) in [4.78, 5) is 16.6. The van der Waals surface area contributed by atoms with Crippen LogP contribution in [0.3, 0.4) is 0 Å². The van der Waals surface area contributed by atoms with Gasteiger partial charge in [-0.15, -0.1) is 0 Å². The minimum Gasteiger partial charge on any atom is -0.343 e. The van der Waals surface area contributed by atoms with E-state index in [0.717, 1.165) is 51.1 Å². The van der Waals surface area contributed by atoms with Gasteiger partial charge in [0.1, 0.15) is 5.82 Å². The maximum Gasteiger partial charge on any atom is 0.222 e. The Bertz CT molecular complexity index is 570. The molecule has 0 saturated carbocycles. The number of nitrogens with zero attached hydrogens (tertiary/aromatic N) is 2. The average molecular weight is 344 g/mol. The normalized spacial score (nSPS) is 19.8. The van der Waals surface area contributed by atoms with Gasteiger partial charge in [-0.25, -0.2) is 4.39 Å². The van der Waals surface area contributed by atoms with Crippen molar-refractivity contribution in [1.82, 2.24) is 9.80 Å². The molecule has 2 aliphatic heterocycles. The maximum atomic E-state index is 12.9. The van der Waals surface area contributed by atoms with Crippen LogP contribution in [0.1, 0.15) is 44.1 Å². The lowest BCUT2D eigenvalue weighted by Crippen LogP contribution is -2.34. The van der Waals surface area contributed by atoms with Crippen LogP contribution >= 0.6 is 0 Å². The summed E-state index contributed by atoms with van der Waals surface area (Å²) >= 11 is 0. The molecular weight excluding hydrogens is 315 g/mol. The third-order valence-corrected chi connectivity index (χ3v) is 5.48. The van der Waals surface area contributed by atoms with Crippen LogP contribution < -0.4 is 0 Å². The second-order valence-electron chi connectivity index (χ2n) is 7.32. The van der Waals surface area contributed by atoms with Gasteiger partial charge in [0.05, 0.1) is 0 Å². The quantitative estimate of drug-likeness (QED) is 0.780. The average Bonchev–Trinajstić information content (AvgIpc) is 3.17. The van der Waals surface area contributed by atoms with Crippen molar-refractivity contribution in [3.8, 4) is 0 Å². The van der Waals surface area contributed by atoms with Gasteiger partial charge < -0.3 is 4.90 Å². The molecule has 1 amide bonds. The fourth-order valence-electron chi connectivity index (χ4n) is 3.82. The SMILES string of the molecule is O=C(CCC1CCN(C/C=C/c2ccc(F)cc2)CC1)N1CCCC1. The summed E-state index contributed by atoms with van der Waals surface area (Å²) in [6.45, 7) is 5.10. The van der Waals surface area contributed by atoms with Gasteiger partial charge in [0.25, 0.3) is 0 Å². The number of halogens is 1. The first-order valence-corrected chi connectivity index (χ1v) is 9.63. The Balaban J connectivity index is 1.33. The first kappa shape index (κ1) is 18.1. The van der Waals surface area contributed by atoms with Crippen molar-refractivity contribution in [3.63, 3.8) is 0 Å². The minimum atomic E-state index is -0.192. The van der Waals surface area contributed by atoms with Crippen LogP contribution in [0.4, 0.5) is 4.39 Å². The molecule has 2 heterocycles. The van der Waals surface area contributed by atoms with E-state index in [0.29, 0.717) is 11.8 Å². The van der Waals surface area contributed by atoms with Crippen LogP contribution in [-0.2, 0) is 4.79 Å². The Labute approximate surface area is 150 Å². The summed E-state index contributed by atoms with van der Waals surface area (Å²) in [5.41, 5.74) is 1.04. The van der Waals surface area contributed by atoms with Crippen molar-refractivity contribution >= 4 is 12.0 Å². The standard InChI is InChI=1S/C21H29FN2O/c22-20-8-5-18(6-9-20)4-3-13-23-16-11-19(12-17-23)7-10-21(25)24-14-1-2-15-24/h3-6,8-9,19H,1-2,7,10-17H2/b4-3+. The third-order valence-electron chi connectivity index (χ3n) is 5.48. The van der Waals surface area contributed by atoms with Crippen LogP contribution in [-0.4, -0.2) is 48.4 Å². The van der Waals surface area contributed by atoms with Gasteiger partial charge >= 0.3 is 0 Å². The zero-order chi connectivity index (χ0) is 17.5. The Kier molecular flexibility index (Phi) is 6.62. The highest BCUT2D eigenvalue weighted by Gasteiger charge is 2.22. The lowest BCUT2D eigenvalue weighted by Gasteiger charge is -2.31. The predicted molar refractivity (Wildman–Crippen MR) is 99.6 cm³/mol. The Morgan fingerprint density at radius 1 is 1.08 bits per heavy atom. The van der Waals surface area contributed by atoms with E-state index in [9.17, 15) is 9.18 Å². The lowest BCUT2D eigenvalue weighted by molar-refractivity contribution is -0.130. The zero-order valence-electron chi connectivity index (χ0n) is 15.0. The van der Waals surface area contributed by atoms with E-state index in [1.165, 1.54) is 37.8 Å². The van der Waals surface area contributed by atoms with E-state index in [4.69, 9.17) is 0 Å². The summed E-state index contributed by atoms with van der Waals surface area (Å²) < 4.78 is 12.9. The van der Waals surface area contributed by atoms with Crippen molar-refractivity contribution in [2.45, 2.75) is 38.5 Å². The lowest BCUT2D eigenvalue weighted by atomic mass is 9.92. The summed E-state index contributed by atoms with van der Waals surface area (Å²) in [5.74, 6) is 0.869. The van der Waals surface area contributed by atoms with E-state index in [-0.39, 0.29) is 5.82 Å². The number of likely N-dealkylation sites (tertiary alicyclic amines) is 2. The molecule has 3 nitrogen and oxygen atoms in total. The maximum absolute atomic E-state index is 12.9. The van der Waals surface area contributed by atoms with Gasteiger partial charge in [0.15, 0.2) is 0 Å². The molecule has 1 aromatic carbocycles. The predicted octanol–water partition coefficient (Wildman–Crippen LogP) is 3.95. The van der Waals surface area contributed by atoms with Gasteiger partial charge in [-0.1, -0.05) is 24.3 Å². The summed E-state index contributed by atoms with van der Waals surface area (Å²) in [5, 5.41) is 0. The monoisotopic (exact) mass is 344 g/mol. The first-order chi connectivity index (χ1) is 12.2. The molecule has 0 aromatic heterocycles. The van der Waals surface area contributed by atoms with Crippen LogP contribution in [0.5, 0.6) is 0 Å². The third kappa shape index (κ3) is 5.67. The second kappa shape index (κ2) is 9.14. The van der Waals surface area contributed by atoms with Crippen LogP contribution in [0.25, 0.3) is 6.08 Å². The topological polar surface area (TPSA) is 23.6 Å². The number of hydrogen-bond acceptors (Lipinski definition) is 2. The number of carbonyl (C=O) groups excluding carboxylic acids is 1. The highest BCUT2D eigenvalue weighted by molar-refractivity contribution is 5.76. The molecule has 2 saturated heterocycles. The number of rotatable bonds is 6. The molecule has 1 aromatic rings. The first-order valence-electron chi connectivity index (χ1n) is 9.63. The molecule has 136 valence electrons. The highest BCUT2D eigenvalue weighted by Crippen LogP contribution is 2.23. The van der Waals surface area contributed by atoms with E-state index in [2.05, 4.69) is 17.1 Å². The number of hydrogen-bond donors (Lipinski definition) is 0. The summed E-state index contributed by atoms with van der Waals surface area (Å²) in [6.07, 6.45) is 10.7. The zero-order valence-corrected chi connectivity index (χ0v) is 15.0. The molecule has 0 spiro atoms. The fourth-order valence-corrected chi connectivity index (χ4v) is 3.82. The van der Waals surface area contributed by atoms with Crippen molar-refractivity contribution in [1.29, 1.82) is 0 Å². The molecular formula is C21H29FN2O. The highest BCUT2D eigenvalue weighted by atomic mass is 19.1. The number of amides is 1. The van der Waals surface area contributed by atoms with Crippen LogP contribution in [0.2, 0.25) is 0 Å². The van der Waals surface area contributed by atoms with Gasteiger partial charge in [0.2, 0.25) is 5.91 Å². The largest absolute Gasteiger partial charge is 0.343 e. The Morgan fingerprint density at radius 2 is 1.76 bits per heavy atom. The van der Waals surface area contributed by atoms with Gasteiger partial charge in [-0.05, 0) is 68.8 Å². The molecule has 0 unspecified atom stereocenters. The molecule has 0 bridgehead atoms.